The molecule has 2 atom stereocenters. The molecule has 2 aromatic heterocycles. The second kappa shape index (κ2) is 7.13. The number of imidazole rings is 1. The lowest BCUT2D eigenvalue weighted by Crippen LogP contribution is -2.36. The van der Waals surface area contributed by atoms with Gasteiger partial charge in [0, 0.05) is 31.9 Å². The van der Waals surface area contributed by atoms with Crippen LogP contribution in [0.4, 0.5) is 0 Å². The molecule has 2 aromatic rings. The number of aryl methyl sites for hydroxylation is 2. The Labute approximate surface area is 147 Å². The van der Waals surface area contributed by atoms with E-state index in [1.165, 1.54) is 0 Å². The van der Waals surface area contributed by atoms with E-state index in [1.807, 2.05) is 43.7 Å². The zero-order valence-corrected chi connectivity index (χ0v) is 14.9. The number of carbonyl (C=O) groups is 2. The smallest absolute Gasteiger partial charge is 0.226 e. The number of nitrogens with zero attached hydrogens (tertiary/aromatic N) is 3. The highest BCUT2D eigenvalue weighted by molar-refractivity contribution is 5.90. The molecule has 0 aliphatic carbocycles. The highest BCUT2D eigenvalue weighted by Gasteiger charge is 2.45. The first-order valence-corrected chi connectivity index (χ1v) is 8.68. The molecule has 134 valence electrons. The number of nitrogens with one attached hydrogen (secondary N) is 1. The molecule has 2 amide bonds. The van der Waals surface area contributed by atoms with Crippen LogP contribution in [0.15, 0.2) is 28.9 Å². The second-order valence-electron chi connectivity index (χ2n) is 6.24. The first-order valence-electron chi connectivity index (χ1n) is 8.68. The zero-order valence-electron chi connectivity index (χ0n) is 14.9. The Kier molecular flexibility index (Phi) is 4.92. The molecule has 7 nitrogen and oxygen atoms in total. The Bertz CT molecular complexity index is 764. The number of hydrogen-bond acceptors (Lipinski definition) is 4. The summed E-state index contributed by atoms with van der Waals surface area (Å²) < 4.78 is 7.48. The highest BCUT2D eigenvalue weighted by atomic mass is 16.3. The fraction of sp³-hybridized carbons (Fsp3) is 0.500. The molecular weight excluding hydrogens is 320 g/mol. The van der Waals surface area contributed by atoms with Gasteiger partial charge in [0.2, 0.25) is 11.8 Å². The van der Waals surface area contributed by atoms with Crippen molar-refractivity contribution in [3.8, 4) is 0 Å². The van der Waals surface area contributed by atoms with Crippen LogP contribution in [0.25, 0.3) is 0 Å². The molecule has 0 aromatic carbocycles. The first-order chi connectivity index (χ1) is 12.0. The summed E-state index contributed by atoms with van der Waals surface area (Å²) in [6, 6.07) is 3.38. The number of likely N-dealkylation sites (tertiary alicyclic amines) is 1. The van der Waals surface area contributed by atoms with E-state index in [1.54, 1.807) is 11.1 Å². The van der Waals surface area contributed by atoms with E-state index in [0.29, 0.717) is 18.8 Å². The Morgan fingerprint density at radius 2 is 2.16 bits per heavy atom. The lowest BCUT2D eigenvalue weighted by atomic mass is 9.98. The molecule has 1 N–H and O–H groups in total. The van der Waals surface area contributed by atoms with E-state index in [4.69, 9.17) is 4.42 Å². The van der Waals surface area contributed by atoms with Crippen molar-refractivity contribution in [2.45, 2.75) is 46.3 Å². The van der Waals surface area contributed by atoms with Crippen LogP contribution in [0.3, 0.4) is 0 Å². The van der Waals surface area contributed by atoms with Crippen LogP contribution in [0.1, 0.15) is 43.7 Å². The van der Waals surface area contributed by atoms with Gasteiger partial charge in [0.1, 0.15) is 23.4 Å². The van der Waals surface area contributed by atoms with Crippen molar-refractivity contribution in [3.63, 3.8) is 0 Å². The normalized spacial score (nSPS) is 20.3. The van der Waals surface area contributed by atoms with Crippen molar-refractivity contribution in [3.05, 3.63) is 41.9 Å². The maximum Gasteiger partial charge on any atom is 0.226 e. The molecule has 3 rings (SSSR count). The van der Waals surface area contributed by atoms with Crippen LogP contribution in [-0.4, -0.2) is 32.8 Å². The predicted octanol–water partition coefficient (Wildman–Crippen LogP) is 2.03. The van der Waals surface area contributed by atoms with Gasteiger partial charge >= 0.3 is 0 Å². The number of amides is 2. The summed E-state index contributed by atoms with van der Waals surface area (Å²) in [6.45, 7) is 7.43. The second-order valence-corrected chi connectivity index (χ2v) is 6.24. The van der Waals surface area contributed by atoms with Crippen LogP contribution >= 0.6 is 0 Å². The number of aromatic nitrogens is 2. The highest BCUT2D eigenvalue weighted by Crippen LogP contribution is 2.37. The van der Waals surface area contributed by atoms with Gasteiger partial charge in [-0.15, -0.1) is 0 Å². The van der Waals surface area contributed by atoms with Gasteiger partial charge in [-0.25, -0.2) is 4.98 Å². The molecule has 1 aliphatic heterocycles. The lowest BCUT2D eigenvalue weighted by molar-refractivity contribution is -0.129. The average molecular weight is 344 g/mol. The standard InChI is InChI=1S/C18H24N4O3/c1-4-21-9-8-19-17(21)16-14(10-15(23)22(16)5-2)18(24)20-11-13-7-6-12(3)25-13/h6-9,14,16H,4-5,10-11H2,1-3H3,(H,20,24)/t14-,16-/m0/s1. The van der Waals surface area contributed by atoms with E-state index < -0.39 is 5.92 Å². The first kappa shape index (κ1) is 17.3. The van der Waals surface area contributed by atoms with Gasteiger partial charge in [-0.05, 0) is 32.9 Å². The summed E-state index contributed by atoms with van der Waals surface area (Å²) >= 11 is 0. The Morgan fingerprint density at radius 3 is 2.80 bits per heavy atom. The minimum Gasteiger partial charge on any atom is -0.465 e. The Balaban J connectivity index is 1.80. The minimum absolute atomic E-state index is 0.00727. The van der Waals surface area contributed by atoms with Crippen LogP contribution in [0.5, 0.6) is 0 Å². The molecule has 25 heavy (non-hydrogen) atoms. The summed E-state index contributed by atoms with van der Waals surface area (Å²) in [5.41, 5.74) is 0. The number of hydrogen-bond donors (Lipinski definition) is 1. The van der Waals surface area contributed by atoms with Crippen molar-refractivity contribution in [2.24, 2.45) is 5.92 Å². The molecule has 1 fully saturated rings. The molecule has 0 bridgehead atoms. The fourth-order valence-electron chi connectivity index (χ4n) is 3.46. The van der Waals surface area contributed by atoms with Gasteiger partial charge in [0.15, 0.2) is 0 Å². The summed E-state index contributed by atoms with van der Waals surface area (Å²) in [6.07, 6.45) is 3.81. The van der Waals surface area contributed by atoms with E-state index in [9.17, 15) is 9.59 Å². The number of furan rings is 1. The molecular formula is C18H24N4O3. The molecule has 7 heteroatoms. The Hall–Kier alpha value is -2.57. The predicted molar refractivity (Wildman–Crippen MR) is 91.4 cm³/mol. The maximum absolute atomic E-state index is 12.8. The fourth-order valence-corrected chi connectivity index (χ4v) is 3.46. The van der Waals surface area contributed by atoms with Gasteiger partial charge < -0.3 is 19.2 Å². The molecule has 0 saturated carbocycles. The van der Waals surface area contributed by atoms with E-state index >= 15 is 0 Å². The minimum atomic E-state index is -0.448. The van der Waals surface area contributed by atoms with Crippen LogP contribution in [0.2, 0.25) is 0 Å². The molecule has 1 saturated heterocycles. The van der Waals surface area contributed by atoms with Gasteiger partial charge in [0.25, 0.3) is 0 Å². The van der Waals surface area contributed by atoms with E-state index in [0.717, 1.165) is 18.1 Å². The topological polar surface area (TPSA) is 80.4 Å². The lowest BCUT2D eigenvalue weighted by Gasteiger charge is -2.26. The van der Waals surface area contributed by atoms with Crippen molar-refractivity contribution in [2.75, 3.05) is 6.54 Å². The maximum atomic E-state index is 12.8. The molecule has 1 aliphatic rings. The molecule has 0 radical (unpaired) electrons. The monoisotopic (exact) mass is 344 g/mol. The van der Waals surface area contributed by atoms with E-state index in [2.05, 4.69) is 10.3 Å². The summed E-state index contributed by atoms with van der Waals surface area (Å²) in [4.78, 5) is 31.3. The largest absolute Gasteiger partial charge is 0.465 e. The third kappa shape index (κ3) is 3.31. The summed E-state index contributed by atoms with van der Waals surface area (Å²) in [5, 5.41) is 2.90. The van der Waals surface area contributed by atoms with Crippen molar-refractivity contribution in [1.82, 2.24) is 19.8 Å². The van der Waals surface area contributed by atoms with Crippen molar-refractivity contribution < 1.29 is 14.0 Å². The van der Waals surface area contributed by atoms with E-state index in [-0.39, 0.29) is 24.3 Å². The molecule has 0 unspecified atom stereocenters. The summed E-state index contributed by atoms with van der Waals surface area (Å²) in [7, 11) is 0. The average Bonchev–Trinajstić information content (AvgIpc) is 3.30. The zero-order chi connectivity index (χ0) is 18.0. The van der Waals surface area contributed by atoms with Gasteiger partial charge in [-0.2, -0.15) is 0 Å². The number of rotatable bonds is 6. The molecule has 0 spiro atoms. The van der Waals surface area contributed by atoms with Crippen molar-refractivity contribution in [1.29, 1.82) is 0 Å². The van der Waals surface area contributed by atoms with Gasteiger partial charge in [0.05, 0.1) is 12.5 Å². The quantitative estimate of drug-likeness (QED) is 0.869. The molecule has 3 heterocycles. The van der Waals surface area contributed by atoms with Gasteiger partial charge in [-0.3, -0.25) is 9.59 Å². The summed E-state index contributed by atoms with van der Waals surface area (Å²) in [5.74, 6) is 1.68. The van der Waals surface area contributed by atoms with Crippen molar-refractivity contribution >= 4 is 11.8 Å². The Morgan fingerprint density at radius 1 is 1.36 bits per heavy atom. The van der Waals surface area contributed by atoms with Crippen LogP contribution < -0.4 is 5.32 Å². The third-order valence-corrected chi connectivity index (χ3v) is 4.70. The van der Waals surface area contributed by atoms with Gasteiger partial charge in [-0.1, -0.05) is 0 Å². The number of carbonyl (C=O) groups excluding carboxylic acids is 2. The van der Waals surface area contributed by atoms with Crippen LogP contribution in [-0.2, 0) is 22.7 Å². The third-order valence-electron chi connectivity index (χ3n) is 4.70. The SMILES string of the molecule is CCN1C(=O)C[C@H](C(=O)NCc2ccc(C)o2)[C@H]1c1nccn1CC. The van der Waals surface area contributed by atoms with Crippen LogP contribution in [0, 0.1) is 12.8 Å².